The number of carbonyl (C=O) groups excluding carboxylic acids is 2. The van der Waals surface area contributed by atoms with E-state index < -0.39 is 0 Å². The number of unbranched alkanes of at least 4 members (excludes halogenated alkanes) is 2. The van der Waals surface area contributed by atoms with E-state index in [-0.39, 0.29) is 5.91 Å². The number of hydrogen-bond acceptors (Lipinski definition) is 2. The first-order valence-corrected chi connectivity index (χ1v) is 7.69. The molecule has 4 heteroatoms. The summed E-state index contributed by atoms with van der Waals surface area (Å²) in [5, 5.41) is 2.78. The predicted molar refractivity (Wildman–Crippen MR) is 76.8 cm³/mol. The van der Waals surface area contributed by atoms with Gasteiger partial charge in [0.2, 0.25) is 11.8 Å². The molecule has 1 unspecified atom stereocenters. The number of amides is 2. The first-order valence-electron chi connectivity index (χ1n) is 7.69. The van der Waals surface area contributed by atoms with Crippen molar-refractivity contribution in [1.82, 2.24) is 10.2 Å². The molecule has 0 aromatic heterocycles. The van der Waals surface area contributed by atoms with Crippen LogP contribution < -0.4 is 5.32 Å². The van der Waals surface area contributed by atoms with Crippen LogP contribution in [0.15, 0.2) is 0 Å². The second-order valence-corrected chi connectivity index (χ2v) is 5.44. The molecule has 0 aromatic rings. The molecule has 110 valence electrons. The molecule has 1 fully saturated rings. The molecule has 1 N–H and O–H groups in total. The Balaban J connectivity index is 2.14. The molecule has 0 saturated carbocycles. The van der Waals surface area contributed by atoms with Crippen molar-refractivity contribution in [1.29, 1.82) is 0 Å². The zero-order valence-corrected chi connectivity index (χ0v) is 12.4. The monoisotopic (exact) mass is 268 g/mol. The van der Waals surface area contributed by atoms with E-state index in [1.807, 2.05) is 0 Å². The minimum Gasteiger partial charge on any atom is -0.356 e. The minimum absolute atomic E-state index is 0.0233. The molecule has 1 rings (SSSR count). The fourth-order valence-corrected chi connectivity index (χ4v) is 2.74. The molecule has 1 saturated heterocycles. The summed E-state index contributed by atoms with van der Waals surface area (Å²) in [4.78, 5) is 24.9. The summed E-state index contributed by atoms with van der Waals surface area (Å²) in [7, 11) is 0. The number of nitrogens with zero attached hydrogens (tertiary/aromatic N) is 1. The molecule has 0 aromatic carbocycles. The van der Waals surface area contributed by atoms with Crippen LogP contribution in [0.5, 0.6) is 0 Å². The molecular formula is C15H28N2O2. The van der Waals surface area contributed by atoms with Gasteiger partial charge in [-0.15, -0.1) is 0 Å². The molecule has 0 radical (unpaired) electrons. The number of carbonyl (C=O) groups is 2. The normalized spacial score (nSPS) is 19.3. The van der Waals surface area contributed by atoms with Crippen LogP contribution in [0.3, 0.4) is 0 Å². The van der Waals surface area contributed by atoms with E-state index >= 15 is 0 Å². The average Bonchev–Trinajstić information content (AvgIpc) is 2.42. The molecule has 0 spiro atoms. The Hall–Kier alpha value is -1.06. The first-order chi connectivity index (χ1) is 9.15. The van der Waals surface area contributed by atoms with Crippen LogP contribution >= 0.6 is 0 Å². The van der Waals surface area contributed by atoms with E-state index in [0.717, 1.165) is 45.2 Å². The summed E-state index contributed by atoms with van der Waals surface area (Å²) in [6, 6.07) is 0.473. The summed E-state index contributed by atoms with van der Waals surface area (Å²) in [5.74, 6) is 0.348. The van der Waals surface area contributed by atoms with Gasteiger partial charge in [0.15, 0.2) is 0 Å². The molecule has 1 aliphatic heterocycles. The van der Waals surface area contributed by atoms with E-state index in [1.165, 1.54) is 19.8 Å². The Kier molecular flexibility index (Phi) is 7.53. The van der Waals surface area contributed by atoms with Crippen molar-refractivity contribution < 1.29 is 9.59 Å². The maximum Gasteiger partial charge on any atom is 0.222 e. The van der Waals surface area contributed by atoms with Gasteiger partial charge in [-0.1, -0.05) is 13.3 Å². The maximum absolute atomic E-state index is 12.2. The Morgan fingerprint density at radius 1 is 1.21 bits per heavy atom. The van der Waals surface area contributed by atoms with E-state index in [0.29, 0.717) is 18.4 Å². The minimum atomic E-state index is 0.0233. The van der Waals surface area contributed by atoms with Gasteiger partial charge in [0.25, 0.3) is 0 Å². The van der Waals surface area contributed by atoms with Gasteiger partial charge in [0, 0.05) is 32.5 Å². The summed E-state index contributed by atoms with van der Waals surface area (Å²) in [6.45, 7) is 5.38. The quantitative estimate of drug-likeness (QED) is 0.721. The Labute approximate surface area is 116 Å². The van der Waals surface area contributed by atoms with Crippen LogP contribution in [0.1, 0.15) is 65.2 Å². The highest BCUT2D eigenvalue weighted by Crippen LogP contribution is 2.20. The SMILES string of the molecule is CCC1CCCCN1C(=O)CCCCCNC(C)=O. The van der Waals surface area contributed by atoms with Crippen molar-refractivity contribution in [2.45, 2.75) is 71.3 Å². The summed E-state index contributed by atoms with van der Waals surface area (Å²) >= 11 is 0. The summed E-state index contributed by atoms with van der Waals surface area (Å²) in [5.41, 5.74) is 0. The lowest BCUT2D eigenvalue weighted by Gasteiger charge is -2.35. The molecule has 19 heavy (non-hydrogen) atoms. The highest BCUT2D eigenvalue weighted by molar-refractivity contribution is 5.76. The van der Waals surface area contributed by atoms with Crippen molar-refractivity contribution in [2.24, 2.45) is 0 Å². The van der Waals surface area contributed by atoms with Crippen molar-refractivity contribution in [3.63, 3.8) is 0 Å². The van der Waals surface area contributed by atoms with E-state index in [1.54, 1.807) is 0 Å². The number of hydrogen-bond donors (Lipinski definition) is 1. The molecule has 2 amide bonds. The molecule has 4 nitrogen and oxygen atoms in total. The van der Waals surface area contributed by atoms with Crippen molar-refractivity contribution in [3.05, 3.63) is 0 Å². The van der Waals surface area contributed by atoms with Gasteiger partial charge in [-0.2, -0.15) is 0 Å². The molecule has 0 bridgehead atoms. The van der Waals surface area contributed by atoms with Crippen LogP contribution in [0, 0.1) is 0 Å². The summed E-state index contributed by atoms with van der Waals surface area (Å²) < 4.78 is 0. The molecule has 1 aliphatic rings. The lowest BCUT2D eigenvalue weighted by atomic mass is 9.99. The van der Waals surface area contributed by atoms with Gasteiger partial charge in [-0.05, 0) is 38.5 Å². The van der Waals surface area contributed by atoms with Crippen molar-refractivity contribution in [3.8, 4) is 0 Å². The second kappa shape index (κ2) is 8.94. The third kappa shape index (κ3) is 6.08. The van der Waals surface area contributed by atoms with Gasteiger partial charge in [-0.3, -0.25) is 9.59 Å². The molecule has 1 heterocycles. The highest BCUT2D eigenvalue weighted by Gasteiger charge is 2.24. The number of rotatable bonds is 7. The van der Waals surface area contributed by atoms with Crippen LogP contribution in [0.25, 0.3) is 0 Å². The Morgan fingerprint density at radius 2 is 2.00 bits per heavy atom. The predicted octanol–water partition coefficient (Wildman–Crippen LogP) is 2.47. The number of likely N-dealkylation sites (tertiary alicyclic amines) is 1. The number of piperidine rings is 1. The van der Waals surface area contributed by atoms with Crippen LogP contribution in [-0.2, 0) is 9.59 Å². The number of nitrogens with one attached hydrogen (secondary N) is 1. The van der Waals surface area contributed by atoms with Crippen LogP contribution in [0.2, 0.25) is 0 Å². The van der Waals surface area contributed by atoms with E-state index in [2.05, 4.69) is 17.1 Å². The third-order valence-corrected chi connectivity index (χ3v) is 3.86. The standard InChI is InChI=1S/C15H28N2O2/c1-3-14-9-6-8-12-17(14)15(19)10-5-4-7-11-16-13(2)18/h14H,3-12H2,1-2H3,(H,16,18). The van der Waals surface area contributed by atoms with Crippen molar-refractivity contribution in [2.75, 3.05) is 13.1 Å². The summed E-state index contributed by atoms with van der Waals surface area (Å²) in [6.07, 6.45) is 8.24. The van der Waals surface area contributed by atoms with Crippen LogP contribution in [0.4, 0.5) is 0 Å². The third-order valence-electron chi connectivity index (χ3n) is 3.86. The lowest BCUT2D eigenvalue weighted by molar-refractivity contribution is -0.135. The van der Waals surface area contributed by atoms with Gasteiger partial charge in [-0.25, -0.2) is 0 Å². The van der Waals surface area contributed by atoms with Crippen molar-refractivity contribution >= 4 is 11.8 Å². The average molecular weight is 268 g/mol. The Bertz CT molecular complexity index is 292. The van der Waals surface area contributed by atoms with Gasteiger partial charge in [0.1, 0.15) is 0 Å². The zero-order valence-electron chi connectivity index (χ0n) is 12.4. The molecule has 1 atom stereocenters. The molecule has 0 aliphatic carbocycles. The smallest absolute Gasteiger partial charge is 0.222 e. The first kappa shape index (κ1) is 16.0. The van der Waals surface area contributed by atoms with Gasteiger partial charge >= 0.3 is 0 Å². The largest absolute Gasteiger partial charge is 0.356 e. The topological polar surface area (TPSA) is 49.4 Å². The van der Waals surface area contributed by atoms with Crippen LogP contribution in [-0.4, -0.2) is 35.8 Å². The zero-order chi connectivity index (χ0) is 14.1. The highest BCUT2D eigenvalue weighted by atomic mass is 16.2. The lowest BCUT2D eigenvalue weighted by Crippen LogP contribution is -2.43. The maximum atomic E-state index is 12.2. The fourth-order valence-electron chi connectivity index (χ4n) is 2.74. The Morgan fingerprint density at radius 3 is 2.68 bits per heavy atom. The fraction of sp³-hybridized carbons (Fsp3) is 0.867. The van der Waals surface area contributed by atoms with Gasteiger partial charge in [0.05, 0.1) is 0 Å². The van der Waals surface area contributed by atoms with Gasteiger partial charge < -0.3 is 10.2 Å². The second-order valence-electron chi connectivity index (χ2n) is 5.44. The molecular weight excluding hydrogens is 240 g/mol. The van der Waals surface area contributed by atoms with E-state index in [9.17, 15) is 9.59 Å². The van der Waals surface area contributed by atoms with E-state index in [4.69, 9.17) is 0 Å².